The molecule has 0 fully saturated rings. The van der Waals surface area contributed by atoms with Crippen LogP contribution in [0.2, 0.25) is 0 Å². The van der Waals surface area contributed by atoms with E-state index in [0.29, 0.717) is 11.0 Å². The van der Waals surface area contributed by atoms with E-state index in [2.05, 4.69) is 14.3 Å². The molecular formula is C8H10BNO6. The first-order valence-corrected chi connectivity index (χ1v) is 4.29. The molecule has 86 valence electrons. The highest BCUT2D eigenvalue weighted by Crippen LogP contribution is 2.00. The van der Waals surface area contributed by atoms with Crippen molar-refractivity contribution in [2.75, 3.05) is 0 Å². The third kappa shape index (κ3) is 3.52. The SMILES string of the molecule is NC(=O)OCc1ccc(B(OO)OO)cc1. The van der Waals surface area contributed by atoms with Crippen molar-refractivity contribution in [1.82, 2.24) is 0 Å². The zero-order chi connectivity index (χ0) is 12.0. The lowest BCUT2D eigenvalue weighted by Crippen LogP contribution is -2.35. The Bertz CT molecular complexity index is 339. The van der Waals surface area contributed by atoms with Gasteiger partial charge in [0.2, 0.25) is 0 Å². The number of benzene rings is 1. The number of carbonyl (C=O) groups is 1. The van der Waals surface area contributed by atoms with Crippen molar-refractivity contribution in [3.63, 3.8) is 0 Å². The highest BCUT2D eigenvalue weighted by molar-refractivity contribution is 6.60. The fourth-order valence-corrected chi connectivity index (χ4v) is 1.07. The van der Waals surface area contributed by atoms with Crippen LogP contribution < -0.4 is 11.2 Å². The van der Waals surface area contributed by atoms with Gasteiger partial charge in [0.15, 0.2) is 0 Å². The number of carbonyl (C=O) groups excluding carboxylic acids is 1. The van der Waals surface area contributed by atoms with Gasteiger partial charge in [0.1, 0.15) is 6.61 Å². The van der Waals surface area contributed by atoms with E-state index in [4.69, 9.17) is 16.2 Å². The van der Waals surface area contributed by atoms with E-state index in [1.165, 1.54) is 12.1 Å². The second-order valence-corrected chi connectivity index (χ2v) is 2.89. The zero-order valence-corrected chi connectivity index (χ0v) is 8.20. The molecule has 1 aromatic rings. The number of amides is 1. The van der Waals surface area contributed by atoms with Gasteiger partial charge in [-0.2, -0.15) is 0 Å². The minimum absolute atomic E-state index is 0.0419. The number of nitrogens with two attached hydrogens (primary N) is 1. The molecule has 1 rings (SSSR count). The Labute approximate surface area is 91.3 Å². The van der Waals surface area contributed by atoms with E-state index in [-0.39, 0.29) is 6.61 Å². The van der Waals surface area contributed by atoms with Gasteiger partial charge in [-0.25, -0.2) is 4.79 Å². The zero-order valence-electron chi connectivity index (χ0n) is 8.20. The van der Waals surface area contributed by atoms with Crippen LogP contribution in [0.25, 0.3) is 0 Å². The van der Waals surface area contributed by atoms with Crippen molar-refractivity contribution in [3.8, 4) is 0 Å². The van der Waals surface area contributed by atoms with E-state index in [1.54, 1.807) is 12.1 Å². The predicted octanol–water partition coefficient (Wildman–Crippen LogP) is -0.0437. The molecule has 0 heterocycles. The molecule has 0 aliphatic heterocycles. The molecule has 0 aromatic heterocycles. The molecular weight excluding hydrogens is 217 g/mol. The van der Waals surface area contributed by atoms with Crippen molar-refractivity contribution < 1.29 is 29.7 Å². The summed E-state index contributed by atoms with van der Waals surface area (Å²) in [5, 5.41) is 16.7. The smallest absolute Gasteiger partial charge is 0.445 e. The van der Waals surface area contributed by atoms with Gasteiger partial charge in [-0.3, -0.25) is 20.1 Å². The summed E-state index contributed by atoms with van der Waals surface area (Å²) in [5.74, 6) is 0. The van der Waals surface area contributed by atoms with Gasteiger partial charge < -0.3 is 10.5 Å². The standard InChI is InChI=1S/C8H10BNO6/c10-8(11)14-5-6-1-3-7(4-2-6)9(15-12)16-13/h1-4,12-13H,5H2,(H2,10,11). The maximum atomic E-state index is 10.3. The van der Waals surface area contributed by atoms with Crippen molar-refractivity contribution in [2.45, 2.75) is 6.61 Å². The molecule has 7 nitrogen and oxygen atoms in total. The Kier molecular flexibility index (Phi) is 4.74. The van der Waals surface area contributed by atoms with Gasteiger partial charge in [-0.15, -0.1) is 0 Å². The number of hydrogen-bond donors (Lipinski definition) is 3. The number of hydrogen-bond acceptors (Lipinski definition) is 6. The first kappa shape index (κ1) is 12.5. The third-order valence-electron chi connectivity index (χ3n) is 1.82. The average Bonchev–Trinajstić information content (AvgIpc) is 2.29. The molecule has 4 N–H and O–H groups in total. The van der Waals surface area contributed by atoms with Crippen LogP contribution in [0.15, 0.2) is 24.3 Å². The lowest BCUT2D eigenvalue weighted by molar-refractivity contribution is -0.221. The van der Waals surface area contributed by atoms with E-state index in [1.807, 2.05) is 0 Å². The minimum Gasteiger partial charge on any atom is -0.445 e. The second kappa shape index (κ2) is 6.08. The van der Waals surface area contributed by atoms with Crippen molar-refractivity contribution in [1.29, 1.82) is 0 Å². The molecule has 0 unspecified atom stereocenters. The summed E-state index contributed by atoms with van der Waals surface area (Å²) in [4.78, 5) is 18.0. The lowest BCUT2D eigenvalue weighted by atomic mass is 9.80. The van der Waals surface area contributed by atoms with Crippen LogP contribution >= 0.6 is 0 Å². The van der Waals surface area contributed by atoms with Crippen LogP contribution in [0.1, 0.15) is 5.56 Å². The molecule has 0 aliphatic carbocycles. The normalized spacial score (nSPS) is 9.88. The quantitative estimate of drug-likeness (QED) is 0.369. The van der Waals surface area contributed by atoms with Crippen LogP contribution in [0.3, 0.4) is 0 Å². The third-order valence-corrected chi connectivity index (χ3v) is 1.82. The van der Waals surface area contributed by atoms with E-state index in [0.717, 1.165) is 0 Å². The van der Waals surface area contributed by atoms with Crippen LogP contribution in [0.5, 0.6) is 0 Å². The lowest BCUT2D eigenvalue weighted by Gasteiger charge is -2.06. The topological polar surface area (TPSA) is 111 Å². The fourth-order valence-electron chi connectivity index (χ4n) is 1.07. The maximum Gasteiger partial charge on any atom is 0.554 e. The molecule has 0 aliphatic rings. The molecule has 0 atom stereocenters. The van der Waals surface area contributed by atoms with Crippen molar-refractivity contribution in [3.05, 3.63) is 29.8 Å². The van der Waals surface area contributed by atoms with E-state index < -0.39 is 13.2 Å². The highest BCUT2D eigenvalue weighted by Gasteiger charge is 2.21. The molecule has 16 heavy (non-hydrogen) atoms. The highest BCUT2D eigenvalue weighted by atomic mass is 17.2. The van der Waals surface area contributed by atoms with Gasteiger partial charge in [0, 0.05) is 0 Å². The molecule has 1 amide bonds. The van der Waals surface area contributed by atoms with E-state index in [9.17, 15) is 4.79 Å². The second-order valence-electron chi connectivity index (χ2n) is 2.89. The summed E-state index contributed by atoms with van der Waals surface area (Å²) >= 11 is 0. The average molecular weight is 227 g/mol. The first-order chi connectivity index (χ1) is 7.67. The Morgan fingerprint density at radius 1 is 1.25 bits per heavy atom. The Morgan fingerprint density at radius 3 is 2.25 bits per heavy atom. The summed E-state index contributed by atoms with van der Waals surface area (Å²) < 4.78 is 4.56. The van der Waals surface area contributed by atoms with Gasteiger partial charge in [0.05, 0.1) is 0 Å². The Balaban J connectivity index is 2.63. The van der Waals surface area contributed by atoms with Gasteiger partial charge >= 0.3 is 13.2 Å². The molecule has 1 aromatic carbocycles. The maximum absolute atomic E-state index is 10.3. The molecule has 8 heteroatoms. The molecule has 0 saturated heterocycles. The summed E-state index contributed by atoms with van der Waals surface area (Å²) in [6, 6.07) is 6.25. The predicted molar refractivity (Wildman–Crippen MR) is 53.6 cm³/mol. The number of rotatable bonds is 5. The van der Waals surface area contributed by atoms with Crippen molar-refractivity contribution in [2.24, 2.45) is 5.73 Å². The molecule has 0 spiro atoms. The van der Waals surface area contributed by atoms with E-state index >= 15 is 0 Å². The van der Waals surface area contributed by atoms with Crippen LogP contribution in [0, 0.1) is 0 Å². The number of primary amides is 1. The summed E-state index contributed by atoms with van der Waals surface area (Å²) in [7, 11) is -1.27. The number of ether oxygens (including phenoxy) is 1. The van der Waals surface area contributed by atoms with Gasteiger partial charge in [-0.05, 0) is 11.0 Å². The monoisotopic (exact) mass is 227 g/mol. The minimum atomic E-state index is -1.27. The fraction of sp³-hybridized carbons (Fsp3) is 0.125. The van der Waals surface area contributed by atoms with Crippen molar-refractivity contribution >= 4 is 18.7 Å². The summed E-state index contributed by atoms with van der Waals surface area (Å²) in [5.41, 5.74) is 5.88. The van der Waals surface area contributed by atoms with Gasteiger partial charge in [0.25, 0.3) is 0 Å². The van der Waals surface area contributed by atoms with Crippen LogP contribution in [-0.2, 0) is 21.0 Å². The molecule has 0 radical (unpaired) electrons. The van der Waals surface area contributed by atoms with Gasteiger partial charge in [-0.1, -0.05) is 24.3 Å². The molecule has 0 saturated carbocycles. The summed E-state index contributed by atoms with van der Waals surface area (Å²) in [6.45, 7) is 0.0419. The first-order valence-electron chi connectivity index (χ1n) is 4.29. The van der Waals surface area contributed by atoms with Crippen LogP contribution in [-0.4, -0.2) is 23.7 Å². The van der Waals surface area contributed by atoms with Crippen LogP contribution in [0.4, 0.5) is 4.79 Å². The Hall–Kier alpha value is -1.61. The molecule has 0 bridgehead atoms. The Morgan fingerprint density at radius 2 is 1.81 bits per heavy atom. The largest absolute Gasteiger partial charge is 0.554 e. The summed E-state index contributed by atoms with van der Waals surface area (Å²) in [6.07, 6.45) is -0.862.